The third-order valence-corrected chi connectivity index (χ3v) is 3.73. The van der Waals surface area contributed by atoms with E-state index in [2.05, 4.69) is 0 Å². The predicted molar refractivity (Wildman–Crippen MR) is 69.9 cm³/mol. The first-order valence-corrected chi connectivity index (χ1v) is 6.84. The van der Waals surface area contributed by atoms with Gasteiger partial charge in [-0.15, -0.1) is 0 Å². The van der Waals surface area contributed by atoms with Gasteiger partial charge in [0.25, 0.3) is 0 Å². The van der Waals surface area contributed by atoms with Crippen molar-refractivity contribution >= 4 is 5.78 Å². The highest BCUT2D eigenvalue weighted by Crippen LogP contribution is 2.24. The SMILES string of the molecule is O=C(C(O)C1O[C@H](CO)[C@@H](O)[C@H](O)[C@H]1O)[C@H](O)[C@H](O)[C@@H](O)CO. The molecule has 11 heteroatoms. The van der Waals surface area contributed by atoms with Crippen molar-refractivity contribution < 1.29 is 55.5 Å². The summed E-state index contributed by atoms with van der Waals surface area (Å²) in [7, 11) is 0. The molecule has 9 atom stereocenters. The van der Waals surface area contributed by atoms with Crippen LogP contribution in [-0.2, 0) is 9.53 Å². The summed E-state index contributed by atoms with van der Waals surface area (Å²) in [4.78, 5) is 11.9. The maximum atomic E-state index is 11.9. The molecule has 0 spiro atoms. The highest BCUT2D eigenvalue weighted by molar-refractivity contribution is 5.88. The molecule has 0 bridgehead atoms. The molecule has 23 heavy (non-hydrogen) atoms. The number of Topliss-reactive ketones (excluding diaryl/α,β-unsaturated/α-hetero) is 1. The van der Waals surface area contributed by atoms with Crippen molar-refractivity contribution in [3.8, 4) is 0 Å². The zero-order valence-electron chi connectivity index (χ0n) is 12.0. The van der Waals surface area contributed by atoms with Crippen LogP contribution in [0.5, 0.6) is 0 Å². The van der Waals surface area contributed by atoms with E-state index in [0.717, 1.165) is 0 Å². The molecule has 1 saturated heterocycles. The van der Waals surface area contributed by atoms with Crippen molar-refractivity contribution in [1.82, 2.24) is 0 Å². The Bertz CT molecular complexity index is 389. The van der Waals surface area contributed by atoms with Crippen LogP contribution in [0.3, 0.4) is 0 Å². The average molecular weight is 342 g/mol. The molecular weight excluding hydrogens is 320 g/mol. The van der Waals surface area contributed by atoms with Crippen LogP contribution in [0.25, 0.3) is 0 Å². The topological polar surface area (TPSA) is 208 Å². The fraction of sp³-hybridized carbons (Fsp3) is 0.917. The first kappa shape index (κ1) is 20.3. The number of aliphatic hydroxyl groups excluding tert-OH is 9. The van der Waals surface area contributed by atoms with E-state index < -0.39 is 73.9 Å². The molecular formula is C12H22O11. The molecule has 2 unspecified atom stereocenters. The summed E-state index contributed by atoms with van der Waals surface area (Å²) >= 11 is 0. The van der Waals surface area contributed by atoms with Gasteiger partial charge in [0.1, 0.15) is 54.9 Å². The summed E-state index contributed by atoms with van der Waals surface area (Å²) in [5.41, 5.74) is 0. The van der Waals surface area contributed by atoms with Gasteiger partial charge in [-0.3, -0.25) is 4.79 Å². The minimum Gasteiger partial charge on any atom is -0.394 e. The molecule has 0 aromatic rings. The Morgan fingerprint density at radius 2 is 1.52 bits per heavy atom. The molecule has 1 rings (SSSR count). The normalized spacial score (nSPS) is 37.0. The monoisotopic (exact) mass is 342 g/mol. The Labute approximate surface area is 130 Å². The van der Waals surface area contributed by atoms with E-state index in [1.807, 2.05) is 0 Å². The highest BCUT2D eigenvalue weighted by Gasteiger charge is 2.49. The maximum Gasteiger partial charge on any atom is 0.195 e. The molecule has 0 saturated carbocycles. The van der Waals surface area contributed by atoms with Gasteiger partial charge in [-0.1, -0.05) is 0 Å². The van der Waals surface area contributed by atoms with Gasteiger partial charge in [0.15, 0.2) is 5.78 Å². The second-order valence-electron chi connectivity index (χ2n) is 5.33. The second kappa shape index (κ2) is 8.39. The van der Waals surface area contributed by atoms with E-state index in [0.29, 0.717) is 0 Å². The molecule has 1 fully saturated rings. The largest absolute Gasteiger partial charge is 0.394 e. The van der Waals surface area contributed by atoms with Crippen LogP contribution in [0.15, 0.2) is 0 Å². The third-order valence-electron chi connectivity index (χ3n) is 3.73. The van der Waals surface area contributed by atoms with Crippen molar-refractivity contribution in [3.05, 3.63) is 0 Å². The minimum absolute atomic E-state index is 0.781. The van der Waals surface area contributed by atoms with Gasteiger partial charge in [-0.25, -0.2) is 0 Å². The Balaban J connectivity index is 2.85. The van der Waals surface area contributed by atoms with Crippen molar-refractivity contribution in [1.29, 1.82) is 0 Å². The molecule has 0 radical (unpaired) electrons. The third kappa shape index (κ3) is 4.22. The van der Waals surface area contributed by atoms with Gasteiger partial charge in [-0.2, -0.15) is 0 Å². The van der Waals surface area contributed by atoms with Crippen LogP contribution in [-0.4, -0.2) is 120 Å². The molecule has 9 N–H and O–H groups in total. The lowest BCUT2D eigenvalue weighted by atomic mass is 9.89. The molecule has 0 aromatic carbocycles. The van der Waals surface area contributed by atoms with Crippen LogP contribution >= 0.6 is 0 Å². The Morgan fingerprint density at radius 1 is 0.957 bits per heavy atom. The van der Waals surface area contributed by atoms with Crippen LogP contribution < -0.4 is 0 Å². The molecule has 0 aromatic heterocycles. The van der Waals surface area contributed by atoms with Crippen molar-refractivity contribution in [2.45, 2.75) is 54.9 Å². The summed E-state index contributed by atoms with van der Waals surface area (Å²) < 4.78 is 4.94. The van der Waals surface area contributed by atoms with Crippen molar-refractivity contribution in [2.24, 2.45) is 0 Å². The predicted octanol–water partition coefficient (Wildman–Crippen LogP) is -6.17. The number of rotatable bonds is 7. The van der Waals surface area contributed by atoms with Gasteiger partial charge in [0.05, 0.1) is 13.2 Å². The second-order valence-corrected chi connectivity index (χ2v) is 5.33. The smallest absolute Gasteiger partial charge is 0.195 e. The van der Waals surface area contributed by atoms with E-state index >= 15 is 0 Å². The lowest BCUT2D eigenvalue weighted by molar-refractivity contribution is -0.248. The van der Waals surface area contributed by atoms with Crippen LogP contribution in [0.2, 0.25) is 0 Å². The van der Waals surface area contributed by atoms with Gasteiger partial charge in [0, 0.05) is 0 Å². The molecule has 1 aliphatic heterocycles. The summed E-state index contributed by atoms with van der Waals surface area (Å²) in [6.45, 7) is -1.74. The number of hydrogen-bond acceptors (Lipinski definition) is 11. The summed E-state index contributed by atoms with van der Waals surface area (Å²) in [5, 5.41) is 84.6. The molecule has 11 nitrogen and oxygen atoms in total. The van der Waals surface area contributed by atoms with Crippen LogP contribution in [0.1, 0.15) is 0 Å². The Kier molecular flexibility index (Phi) is 7.41. The van der Waals surface area contributed by atoms with Gasteiger partial charge >= 0.3 is 0 Å². The Morgan fingerprint density at radius 3 is 2.00 bits per heavy atom. The molecule has 0 aliphatic carbocycles. The van der Waals surface area contributed by atoms with Gasteiger partial charge in [-0.05, 0) is 0 Å². The fourth-order valence-electron chi connectivity index (χ4n) is 2.21. The van der Waals surface area contributed by atoms with Crippen molar-refractivity contribution in [3.63, 3.8) is 0 Å². The quantitative estimate of drug-likeness (QED) is 0.212. The maximum absolute atomic E-state index is 11.9. The number of ether oxygens (including phenoxy) is 1. The van der Waals surface area contributed by atoms with E-state index in [1.165, 1.54) is 0 Å². The van der Waals surface area contributed by atoms with Crippen molar-refractivity contribution in [2.75, 3.05) is 13.2 Å². The minimum atomic E-state index is -2.31. The summed E-state index contributed by atoms with van der Waals surface area (Å²) in [5.74, 6) is -1.45. The van der Waals surface area contributed by atoms with Gasteiger partial charge < -0.3 is 50.7 Å². The molecule has 1 heterocycles. The van der Waals surface area contributed by atoms with E-state index in [1.54, 1.807) is 0 Å². The zero-order chi connectivity index (χ0) is 17.9. The number of carbonyl (C=O) groups excluding carboxylic acids is 1. The number of carbonyl (C=O) groups is 1. The molecule has 136 valence electrons. The van der Waals surface area contributed by atoms with Gasteiger partial charge in [0.2, 0.25) is 0 Å². The van der Waals surface area contributed by atoms with E-state index in [4.69, 9.17) is 20.1 Å². The van der Waals surface area contributed by atoms with E-state index in [-0.39, 0.29) is 0 Å². The first-order chi connectivity index (χ1) is 10.7. The summed E-state index contributed by atoms with van der Waals surface area (Å²) in [6, 6.07) is 0. The number of ketones is 1. The first-order valence-electron chi connectivity index (χ1n) is 6.84. The van der Waals surface area contributed by atoms with Crippen LogP contribution in [0, 0.1) is 0 Å². The number of hydrogen-bond donors (Lipinski definition) is 9. The fourth-order valence-corrected chi connectivity index (χ4v) is 2.21. The van der Waals surface area contributed by atoms with Crippen LogP contribution in [0.4, 0.5) is 0 Å². The summed E-state index contributed by atoms with van der Waals surface area (Å²) in [6.07, 6.45) is -17.1. The Hall–Kier alpha value is -0.730. The lowest BCUT2D eigenvalue weighted by Crippen LogP contribution is -2.63. The average Bonchev–Trinajstić information content (AvgIpc) is 2.56. The zero-order valence-corrected chi connectivity index (χ0v) is 12.0. The standard InChI is InChI=1S/C12H22O11/c13-1-3(15)5(16)7(18)9(20)11(22)12-10(21)8(19)6(17)4(2-14)23-12/h3-8,10-19,21-22H,1-2H2/t3-,4+,5+,6+,7+,8-,10+,11?,12?/m0/s1. The highest BCUT2D eigenvalue weighted by atomic mass is 16.6. The van der Waals surface area contributed by atoms with E-state index in [9.17, 15) is 35.4 Å². The lowest BCUT2D eigenvalue weighted by Gasteiger charge is -2.41. The number of aliphatic hydroxyl groups is 9. The molecule has 0 amide bonds. The molecule has 1 aliphatic rings.